The van der Waals surface area contributed by atoms with E-state index in [2.05, 4.69) is 0 Å². The average Bonchev–Trinajstić information content (AvgIpc) is 2.24. The van der Waals surface area contributed by atoms with Gasteiger partial charge in [0.2, 0.25) is 0 Å². The van der Waals surface area contributed by atoms with Gasteiger partial charge in [0.15, 0.2) is 0 Å². The molecule has 0 bridgehead atoms. The van der Waals surface area contributed by atoms with Gasteiger partial charge in [-0.1, -0.05) is 13.8 Å². The summed E-state index contributed by atoms with van der Waals surface area (Å²) in [6.45, 7) is 5.61. The van der Waals surface area contributed by atoms with E-state index in [1.807, 2.05) is 6.92 Å². The van der Waals surface area contributed by atoms with Gasteiger partial charge >= 0.3 is 11.9 Å². The van der Waals surface area contributed by atoms with Crippen molar-refractivity contribution in [2.75, 3.05) is 26.9 Å². The molecular formula is C11H20O5. The molecule has 0 radical (unpaired) electrons. The van der Waals surface area contributed by atoms with Crippen molar-refractivity contribution in [2.45, 2.75) is 27.2 Å². The summed E-state index contributed by atoms with van der Waals surface area (Å²) < 4.78 is 15.0. The topological polar surface area (TPSA) is 61.8 Å². The third kappa shape index (κ3) is 6.40. The third-order valence-electron chi connectivity index (χ3n) is 1.99. The van der Waals surface area contributed by atoms with Crippen molar-refractivity contribution >= 4 is 11.9 Å². The maximum atomic E-state index is 11.0. The zero-order chi connectivity index (χ0) is 12.6. The molecule has 0 fully saturated rings. The molecular weight excluding hydrogens is 212 g/mol. The monoisotopic (exact) mass is 232 g/mol. The van der Waals surface area contributed by atoms with E-state index < -0.39 is 5.41 Å². The third-order valence-corrected chi connectivity index (χ3v) is 1.99. The van der Waals surface area contributed by atoms with Gasteiger partial charge in [0, 0.05) is 20.5 Å². The van der Waals surface area contributed by atoms with E-state index in [9.17, 15) is 9.59 Å². The Morgan fingerprint density at radius 1 is 1.12 bits per heavy atom. The van der Waals surface area contributed by atoms with Crippen molar-refractivity contribution in [3.05, 3.63) is 0 Å². The van der Waals surface area contributed by atoms with E-state index in [4.69, 9.17) is 14.2 Å². The van der Waals surface area contributed by atoms with Crippen LogP contribution in [-0.4, -0.2) is 38.9 Å². The van der Waals surface area contributed by atoms with Crippen LogP contribution in [0.15, 0.2) is 0 Å². The van der Waals surface area contributed by atoms with Crippen LogP contribution in [0, 0.1) is 5.41 Å². The largest absolute Gasteiger partial charge is 0.465 e. The molecule has 16 heavy (non-hydrogen) atoms. The summed E-state index contributed by atoms with van der Waals surface area (Å²) >= 11 is 0. The number of hydrogen-bond acceptors (Lipinski definition) is 5. The number of hydrogen-bond donors (Lipinski definition) is 0. The fourth-order valence-electron chi connectivity index (χ4n) is 1.11. The van der Waals surface area contributed by atoms with Crippen LogP contribution in [-0.2, 0) is 23.8 Å². The second kappa shape index (κ2) is 7.22. The lowest BCUT2D eigenvalue weighted by molar-refractivity contribution is -0.154. The van der Waals surface area contributed by atoms with Gasteiger partial charge in [0.1, 0.15) is 13.2 Å². The van der Waals surface area contributed by atoms with E-state index in [1.54, 1.807) is 14.0 Å². The Kier molecular flexibility index (Phi) is 6.72. The lowest BCUT2D eigenvalue weighted by Gasteiger charge is -2.27. The summed E-state index contributed by atoms with van der Waals surface area (Å²) in [5, 5.41) is 0. The Balaban J connectivity index is 4.20. The van der Waals surface area contributed by atoms with Crippen LogP contribution < -0.4 is 0 Å². The normalized spacial score (nSPS) is 14.0. The summed E-state index contributed by atoms with van der Waals surface area (Å²) in [6.07, 6.45) is 0.330. The van der Waals surface area contributed by atoms with E-state index in [0.717, 1.165) is 0 Å². The molecule has 0 heterocycles. The number of rotatable bonds is 7. The van der Waals surface area contributed by atoms with Crippen molar-refractivity contribution in [1.82, 2.24) is 0 Å². The Bertz CT molecular complexity index is 239. The lowest BCUT2D eigenvalue weighted by Crippen LogP contribution is -2.35. The molecule has 5 heteroatoms. The van der Waals surface area contributed by atoms with Crippen molar-refractivity contribution in [3.8, 4) is 0 Å². The average molecular weight is 232 g/mol. The summed E-state index contributed by atoms with van der Waals surface area (Å²) in [5.74, 6) is -0.630. The predicted molar refractivity (Wildman–Crippen MR) is 57.9 cm³/mol. The quantitative estimate of drug-likeness (QED) is 0.616. The summed E-state index contributed by atoms with van der Waals surface area (Å²) in [4.78, 5) is 21.7. The minimum atomic E-state index is -0.495. The highest BCUT2D eigenvalue weighted by molar-refractivity contribution is 5.68. The van der Waals surface area contributed by atoms with Gasteiger partial charge in [0.25, 0.3) is 0 Å². The van der Waals surface area contributed by atoms with Crippen LogP contribution in [0.4, 0.5) is 0 Å². The van der Waals surface area contributed by atoms with Crippen LogP contribution in [0.3, 0.4) is 0 Å². The lowest BCUT2D eigenvalue weighted by atomic mass is 9.94. The van der Waals surface area contributed by atoms with E-state index in [1.165, 1.54) is 6.92 Å². The highest BCUT2D eigenvalue weighted by atomic mass is 16.6. The van der Waals surface area contributed by atoms with E-state index in [-0.39, 0.29) is 25.2 Å². The molecule has 94 valence electrons. The molecule has 0 spiro atoms. The molecule has 0 rings (SSSR count). The molecule has 0 aromatic carbocycles. The van der Waals surface area contributed by atoms with Gasteiger partial charge < -0.3 is 14.2 Å². The van der Waals surface area contributed by atoms with Crippen molar-refractivity contribution in [1.29, 1.82) is 0 Å². The Morgan fingerprint density at radius 2 is 1.69 bits per heavy atom. The molecule has 0 aliphatic rings. The standard InChI is InChI=1S/C11H20O5/c1-5-10(13)16-8-11(3,6-14-4)7-15-9(2)12/h5-8H2,1-4H3. The summed E-state index contributed by atoms with van der Waals surface area (Å²) in [5.41, 5.74) is -0.495. The predicted octanol–water partition coefficient (Wildman–Crippen LogP) is 1.16. The molecule has 0 aromatic heterocycles. The molecule has 0 amide bonds. The maximum absolute atomic E-state index is 11.0. The second-order valence-corrected chi connectivity index (χ2v) is 4.04. The Hall–Kier alpha value is -1.10. The zero-order valence-corrected chi connectivity index (χ0v) is 10.4. The van der Waals surface area contributed by atoms with Gasteiger partial charge in [0.05, 0.1) is 12.0 Å². The minimum Gasteiger partial charge on any atom is -0.465 e. The number of methoxy groups -OCH3 is 1. The van der Waals surface area contributed by atoms with Crippen molar-refractivity contribution in [3.63, 3.8) is 0 Å². The van der Waals surface area contributed by atoms with Gasteiger partial charge in [-0.3, -0.25) is 9.59 Å². The highest BCUT2D eigenvalue weighted by Crippen LogP contribution is 2.18. The molecule has 1 atom stereocenters. The maximum Gasteiger partial charge on any atom is 0.305 e. The number of ether oxygens (including phenoxy) is 3. The molecule has 0 aromatic rings. The minimum absolute atomic E-state index is 0.174. The van der Waals surface area contributed by atoms with Crippen molar-refractivity contribution in [2.24, 2.45) is 5.41 Å². The molecule has 0 aliphatic heterocycles. The number of carbonyl (C=O) groups is 2. The highest BCUT2D eigenvalue weighted by Gasteiger charge is 2.28. The molecule has 0 saturated carbocycles. The van der Waals surface area contributed by atoms with Crippen LogP contribution in [0.1, 0.15) is 27.2 Å². The van der Waals surface area contributed by atoms with E-state index >= 15 is 0 Å². The van der Waals surface area contributed by atoms with Crippen LogP contribution in [0.2, 0.25) is 0 Å². The Morgan fingerprint density at radius 3 is 2.12 bits per heavy atom. The van der Waals surface area contributed by atoms with Crippen LogP contribution in [0.5, 0.6) is 0 Å². The van der Waals surface area contributed by atoms with Gasteiger partial charge in [-0.2, -0.15) is 0 Å². The van der Waals surface area contributed by atoms with Gasteiger partial charge in [-0.05, 0) is 0 Å². The number of esters is 2. The Labute approximate surface area is 96.1 Å². The van der Waals surface area contributed by atoms with E-state index in [0.29, 0.717) is 13.0 Å². The first-order valence-corrected chi connectivity index (χ1v) is 5.21. The van der Waals surface area contributed by atoms with Crippen molar-refractivity contribution < 1.29 is 23.8 Å². The SMILES string of the molecule is CCC(=O)OCC(C)(COC)COC(C)=O. The molecule has 0 saturated heterocycles. The molecule has 0 aliphatic carbocycles. The van der Waals surface area contributed by atoms with Gasteiger partial charge in [-0.15, -0.1) is 0 Å². The second-order valence-electron chi connectivity index (χ2n) is 4.04. The first-order valence-electron chi connectivity index (χ1n) is 5.21. The molecule has 0 N–H and O–H groups in total. The molecule has 5 nitrogen and oxygen atoms in total. The first kappa shape index (κ1) is 14.9. The van der Waals surface area contributed by atoms with Gasteiger partial charge in [-0.25, -0.2) is 0 Å². The summed E-state index contributed by atoms with van der Waals surface area (Å²) in [7, 11) is 1.55. The van der Waals surface area contributed by atoms with Crippen LogP contribution >= 0.6 is 0 Å². The smallest absolute Gasteiger partial charge is 0.305 e. The number of carbonyl (C=O) groups excluding carboxylic acids is 2. The first-order chi connectivity index (χ1) is 7.43. The fourth-order valence-corrected chi connectivity index (χ4v) is 1.11. The fraction of sp³-hybridized carbons (Fsp3) is 0.818. The zero-order valence-electron chi connectivity index (χ0n) is 10.4. The summed E-state index contributed by atoms with van der Waals surface area (Å²) in [6, 6.07) is 0. The molecule has 1 unspecified atom stereocenters. The van der Waals surface area contributed by atoms with Crippen LogP contribution in [0.25, 0.3) is 0 Å².